The summed E-state index contributed by atoms with van der Waals surface area (Å²) >= 11 is 0. The molecule has 0 aromatic rings. The van der Waals surface area contributed by atoms with Crippen LogP contribution >= 0.6 is 0 Å². The number of unbranched alkanes of at least 4 members (excludes halogenated alkanes) is 2. The highest BCUT2D eigenvalue weighted by Gasteiger charge is 2.08. The van der Waals surface area contributed by atoms with Gasteiger partial charge in [0.15, 0.2) is 0 Å². The van der Waals surface area contributed by atoms with Gasteiger partial charge in [-0.25, -0.2) is 0 Å². The van der Waals surface area contributed by atoms with Crippen molar-refractivity contribution in [2.45, 2.75) is 45.4 Å². The van der Waals surface area contributed by atoms with E-state index in [9.17, 15) is 0 Å². The molecule has 94 valence electrons. The molecule has 0 radical (unpaired) electrons. The van der Waals surface area contributed by atoms with Crippen LogP contribution in [0.4, 0.5) is 0 Å². The van der Waals surface area contributed by atoms with Crippen molar-refractivity contribution in [3.05, 3.63) is 24.3 Å². The molecule has 0 atom stereocenters. The molecule has 0 aromatic heterocycles. The summed E-state index contributed by atoms with van der Waals surface area (Å²) in [5.74, 6) is 0. The molecule has 17 heavy (non-hydrogen) atoms. The van der Waals surface area contributed by atoms with Gasteiger partial charge in [-0.1, -0.05) is 44.4 Å². The van der Waals surface area contributed by atoms with E-state index in [2.05, 4.69) is 36.1 Å². The third kappa shape index (κ3) is 4.51. The fourth-order valence-electron chi connectivity index (χ4n) is 2.44. The molecule has 1 fully saturated rings. The second-order valence-electron chi connectivity index (χ2n) is 5.19. The molecule has 3 rings (SSSR count). The van der Waals surface area contributed by atoms with Crippen molar-refractivity contribution in [1.29, 1.82) is 0 Å². The van der Waals surface area contributed by atoms with Gasteiger partial charge < -0.3 is 4.90 Å². The van der Waals surface area contributed by atoms with Crippen LogP contribution < -0.4 is 0 Å². The SMILES string of the molecule is CCCCCN1CCCCC1.c1cc2cc-2c1. The van der Waals surface area contributed by atoms with E-state index >= 15 is 0 Å². The van der Waals surface area contributed by atoms with E-state index in [4.69, 9.17) is 0 Å². The third-order valence-electron chi connectivity index (χ3n) is 3.64. The van der Waals surface area contributed by atoms with Crippen molar-refractivity contribution in [3.8, 4) is 11.1 Å². The fraction of sp³-hybridized carbons (Fsp3) is 0.625. The summed E-state index contributed by atoms with van der Waals surface area (Å²) in [6.07, 6.45) is 8.52. The summed E-state index contributed by atoms with van der Waals surface area (Å²) in [6, 6.07) is 8.48. The molecule has 1 heteroatoms. The first-order valence-corrected chi connectivity index (χ1v) is 7.23. The maximum atomic E-state index is 2.62. The largest absolute Gasteiger partial charge is 0.303 e. The number of benzene rings is 1. The number of fused-ring (bicyclic) bond motifs is 1. The van der Waals surface area contributed by atoms with Crippen molar-refractivity contribution < 1.29 is 0 Å². The average molecular weight is 231 g/mol. The average Bonchev–Trinajstić information content (AvgIpc) is 2.99. The normalized spacial score (nSPS) is 17.2. The molecular weight excluding hydrogens is 206 g/mol. The highest BCUT2D eigenvalue weighted by molar-refractivity contribution is 5.80. The molecule has 0 unspecified atom stereocenters. The van der Waals surface area contributed by atoms with Gasteiger partial charge in [0.2, 0.25) is 0 Å². The van der Waals surface area contributed by atoms with E-state index in [1.165, 1.54) is 69.3 Å². The molecule has 2 aliphatic carbocycles. The minimum atomic E-state index is 1.36. The first-order valence-electron chi connectivity index (χ1n) is 7.23. The van der Waals surface area contributed by atoms with Crippen LogP contribution in [0.1, 0.15) is 45.4 Å². The van der Waals surface area contributed by atoms with Crippen molar-refractivity contribution in [2.24, 2.45) is 0 Å². The van der Waals surface area contributed by atoms with E-state index in [-0.39, 0.29) is 0 Å². The van der Waals surface area contributed by atoms with Gasteiger partial charge in [0.05, 0.1) is 0 Å². The van der Waals surface area contributed by atoms with E-state index in [1.807, 2.05) is 0 Å². The maximum absolute atomic E-state index is 2.62. The van der Waals surface area contributed by atoms with Gasteiger partial charge in [0.1, 0.15) is 0 Å². The van der Waals surface area contributed by atoms with E-state index in [0.717, 1.165) is 0 Å². The van der Waals surface area contributed by atoms with Gasteiger partial charge in [0.25, 0.3) is 0 Å². The highest BCUT2D eigenvalue weighted by atomic mass is 15.1. The van der Waals surface area contributed by atoms with Gasteiger partial charge in [-0.05, 0) is 56.1 Å². The predicted molar refractivity (Wildman–Crippen MR) is 75.3 cm³/mol. The molecule has 0 spiro atoms. The standard InChI is InChI=1S/C10H21N.C6H4/c1-2-3-5-8-11-9-6-4-7-10-11;1-2-5-4-6(5)3-1/h2-10H2,1H3;1-4H. The second-order valence-corrected chi connectivity index (χ2v) is 5.19. The highest BCUT2D eigenvalue weighted by Crippen LogP contribution is 2.32. The third-order valence-corrected chi connectivity index (χ3v) is 3.64. The van der Waals surface area contributed by atoms with Crippen LogP contribution in [0, 0.1) is 0 Å². The van der Waals surface area contributed by atoms with Crippen molar-refractivity contribution in [1.82, 2.24) is 4.90 Å². The van der Waals surface area contributed by atoms with Gasteiger partial charge in [-0.15, -0.1) is 0 Å². The van der Waals surface area contributed by atoms with E-state index < -0.39 is 0 Å². The molecule has 0 bridgehead atoms. The van der Waals surface area contributed by atoms with Crippen LogP contribution in [0.25, 0.3) is 11.1 Å². The summed E-state index contributed by atoms with van der Waals surface area (Å²) in [5.41, 5.74) is 2.85. The Kier molecular flexibility index (Phi) is 5.06. The molecule has 1 nitrogen and oxygen atoms in total. The summed E-state index contributed by atoms with van der Waals surface area (Å²) in [5, 5.41) is 0. The minimum Gasteiger partial charge on any atom is -0.303 e. The Balaban J connectivity index is 0.000000148. The zero-order chi connectivity index (χ0) is 11.9. The molecule has 0 aromatic carbocycles. The Bertz CT molecular complexity index is 309. The monoisotopic (exact) mass is 231 g/mol. The second kappa shape index (κ2) is 6.80. The van der Waals surface area contributed by atoms with E-state index in [0.29, 0.717) is 0 Å². The molecule has 0 saturated carbocycles. The zero-order valence-corrected chi connectivity index (χ0v) is 11.1. The fourth-order valence-corrected chi connectivity index (χ4v) is 2.44. The number of nitrogens with zero attached hydrogens (tertiary/aromatic N) is 1. The smallest absolute Gasteiger partial charge is 0.00187 e. The van der Waals surface area contributed by atoms with Crippen molar-refractivity contribution in [3.63, 3.8) is 0 Å². The number of likely N-dealkylation sites (tertiary alicyclic amines) is 1. The topological polar surface area (TPSA) is 3.24 Å². The van der Waals surface area contributed by atoms with Crippen LogP contribution in [0.2, 0.25) is 0 Å². The van der Waals surface area contributed by atoms with Crippen molar-refractivity contribution >= 4 is 0 Å². The molecular formula is C16H25N. The van der Waals surface area contributed by atoms with Crippen molar-refractivity contribution in [2.75, 3.05) is 19.6 Å². The number of rotatable bonds is 4. The molecule has 1 aliphatic heterocycles. The quantitative estimate of drug-likeness (QED) is 0.708. The molecule has 0 amide bonds. The van der Waals surface area contributed by atoms with Gasteiger partial charge in [-0.3, -0.25) is 0 Å². The first-order chi connectivity index (χ1) is 8.40. The summed E-state index contributed by atoms with van der Waals surface area (Å²) in [6.45, 7) is 6.36. The number of hydrogen-bond acceptors (Lipinski definition) is 1. The van der Waals surface area contributed by atoms with Crippen LogP contribution in [0.3, 0.4) is 0 Å². The first kappa shape index (κ1) is 12.6. The summed E-state index contributed by atoms with van der Waals surface area (Å²) in [7, 11) is 0. The molecule has 3 aliphatic rings. The maximum Gasteiger partial charge on any atom is -0.00187 e. The number of piperidine rings is 1. The minimum absolute atomic E-state index is 1.36. The lowest BCUT2D eigenvalue weighted by Crippen LogP contribution is -2.30. The van der Waals surface area contributed by atoms with Crippen LogP contribution in [-0.2, 0) is 0 Å². The lowest BCUT2D eigenvalue weighted by Gasteiger charge is -2.26. The van der Waals surface area contributed by atoms with Gasteiger partial charge in [-0.2, -0.15) is 0 Å². The number of hydrogen-bond donors (Lipinski definition) is 0. The molecule has 0 N–H and O–H groups in total. The van der Waals surface area contributed by atoms with E-state index in [1.54, 1.807) is 0 Å². The Labute approximate surface area is 106 Å². The van der Waals surface area contributed by atoms with Gasteiger partial charge >= 0.3 is 0 Å². The summed E-state index contributed by atoms with van der Waals surface area (Å²) in [4.78, 5) is 2.62. The Morgan fingerprint density at radius 3 is 2.18 bits per heavy atom. The molecule has 1 heterocycles. The molecule has 1 saturated heterocycles. The van der Waals surface area contributed by atoms with Crippen LogP contribution in [0.15, 0.2) is 24.3 Å². The Morgan fingerprint density at radius 1 is 1.00 bits per heavy atom. The van der Waals surface area contributed by atoms with Crippen LogP contribution in [0.5, 0.6) is 0 Å². The lowest BCUT2D eigenvalue weighted by molar-refractivity contribution is 0.224. The Hall–Kier alpha value is -0.820. The predicted octanol–water partition coefficient (Wildman–Crippen LogP) is 4.33. The zero-order valence-electron chi connectivity index (χ0n) is 11.1. The Morgan fingerprint density at radius 2 is 1.71 bits per heavy atom. The summed E-state index contributed by atoms with van der Waals surface area (Å²) < 4.78 is 0. The van der Waals surface area contributed by atoms with Crippen LogP contribution in [-0.4, -0.2) is 24.5 Å². The lowest BCUT2D eigenvalue weighted by atomic mass is 10.1. The van der Waals surface area contributed by atoms with Gasteiger partial charge in [0, 0.05) is 0 Å².